The maximum atomic E-state index is 5.90. The van der Waals surface area contributed by atoms with Crippen molar-refractivity contribution in [2.75, 3.05) is 0 Å². The molecule has 1 N–H and O–H groups in total. The van der Waals surface area contributed by atoms with Gasteiger partial charge < -0.3 is 4.57 Å². The van der Waals surface area contributed by atoms with E-state index in [1.54, 1.807) is 22.8 Å². The molecule has 0 radical (unpaired) electrons. The monoisotopic (exact) mass is 259 g/mol. The SMILES string of the molecule is Cn1c(-c2cc(Cl)cc(Cl)c2)n[nH]c1=S. The van der Waals surface area contributed by atoms with Crippen LogP contribution in [-0.2, 0) is 7.05 Å². The number of hydrogen-bond acceptors (Lipinski definition) is 2. The highest BCUT2D eigenvalue weighted by molar-refractivity contribution is 7.71. The summed E-state index contributed by atoms with van der Waals surface area (Å²) >= 11 is 16.8. The van der Waals surface area contributed by atoms with Crippen molar-refractivity contribution in [3.8, 4) is 11.4 Å². The van der Waals surface area contributed by atoms with E-state index in [4.69, 9.17) is 35.4 Å². The summed E-state index contributed by atoms with van der Waals surface area (Å²) in [6.45, 7) is 0. The lowest BCUT2D eigenvalue weighted by Gasteiger charge is -2.01. The molecule has 78 valence electrons. The molecule has 0 aliphatic heterocycles. The highest BCUT2D eigenvalue weighted by Crippen LogP contribution is 2.25. The molecule has 15 heavy (non-hydrogen) atoms. The van der Waals surface area contributed by atoms with E-state index in [1.165, 1.54) is 0 Å². The van der Waals surface area contributed by atoms with Crippen LogP contribution in [0.25, 0.3) is 11.4 Å². The van der Waals surface area contributed by atoms with Crippen molar-refractivity contribution in [3.63, 3.8) is 0 Å². The molecule has 2 aromatic rings. The summed E-state index contributed by atoms with van der Waals surface area (Å²) in [6.07, 6.45) is 0. The number of nitrogens with zero attached hydrogens (tertiary/aromatic N) is 2. The molecule has 0 aliphatic rings. The Morgan fingerprint density at radius 2 is 1.87 bits per heavy atom. The lowest BCUT2D eigenvalue weighted by atomic mass is 10.2. The second-order valence-electron chi connectivity index (χ2n) is 3.07. The summed E-state index contributed by atoms with van der Waals surface area (Å²) in [7, 11) is 1.83. The molecule has 0 atom stereocenters. The number of rotatable bonds is 1. The minimum Gasteiger partial charge on any atom is -0.303 e. The van der Waals surface area contributed by atoms with Gasteiger partial charge in [-0.1, -0.05) is 23.2 Å². The zero-order valence-electron chi connectivity index (χ0n) is 7.79. The molecule has 0 spiro atoms. The van der Waals surface area contributed by atoms with Gasteiger partial charge in [0.2, 0.25) is 0 Å². The van der Waals surface area contributed by atoms with Gasteiger partial charge in [-0.15, -0.1) is 0 Å². The second kappa shape index (κ2) is 3.96. The van der Waals surface area contributed by atoms with E-state index in [-0.39, 0.29) is 0 Å². The quantitative estimate of drug-likeness (QED) is 0.797. The number of aromatic amines is 1. The third-order valence-corrected chi connectivity index (χ3v) is 2.80. The van der Waals surface area contributed by atoms with Crippen molar-refractivity contribution in [2.24, 2.45) is 7.05 Å². The van der Waals surface area contributed by atoms with Gasteiger partial charge in [0, 0.05) is 22.7 Å². The molecular weight excluding hydrogens is 253 g/mol. The molecule has 0 amide bonds. The normalized spacial score (nSPS) is 10.6. The number of hydrogen-bond donors (Lipinski definition) is 1. The average Bonchev–Trinajstić information content (AvgIpc) is 2.46. The van der Waals surface area contributed by atoms with Crippen LogP contribution in [0.4, 0.5) is 0 Å². The Labute approximate surface area is 102 Å². The molecule has 0 fully saturated rings. The summed E-state index contributed by atoms with van der Waals surface area (Å²) in [5.41, 5.74) is 0.836. The molecule has 1 heterocycles. The van der Waals surface area contributed by atoms with E-state index in [9.17, 15) is 0 Å². The largest absolute Gasteiger partial charge is 0.303 e. The molecule has 1 aromatic heterocycles. The lowest BCUT2D eigenvalue weighted by Crippen LogP contribution is -1.92. The van der Waals surface area contributed by atoms with Gasteiger partial charge in [-0.05, 0) is 30.4 Å². The summed E-state index contributed by atoms with van der Waals surface area (Å²) in [6, 6.07) is 5.25. The Balaban J connectivity index is 2.63. The molecule has 0 unspecified atom stereocenters. The second-order valence-corrected chi connectivity index (χ2v) is 4.33. The van der Waals surface area contributed by atoms with Crippen molar-refractivity contribution < 1.29 is 0 Å². The first kappa shape index (κ1) is 10.7. The topological polar surface area (TPSA) is 33.6 Å². The maximum Gasteiger partial charge on any atom is 0.195 e. The van der Waals surface area contributed by atoms with Crippen LogP contribution in [-0.4, -0.2) is 14.8 Å². The summed E-state index contributed by atoms with van der Waals surface area (Å²) < 4.78 is 2.32. The van der Waals surface area contributed by atoms with Crippen LogP contribution in [0, 0.1) is 4.77 Å². The summed E-state index contributed by atoms with van der Waals surface area (Å²) in [4.78, 5) is 0. The van der Waals surface area contributed by atoms with Crippen LogP contribution in [0.5, 0.6) is 0 Å². The number of H-pyrrole nitrogens is 1. The van der Waals surface area contributed by atoms with Crippen molar-refractivity contribution in [1.82, 2.24) is 14.8 Å². The van der Waals surface area contributed by atoms with Gasteiger partial charge in [0.1, 0.15) is 0 Å². The van der Waals surface area contributed by atoms with Gasteiger partial charge in [0.15, 0.2) is 10.6 Å². The zero-order chi connectivity index (χ0) is 11.0. The van der Waals surface area contributed by atoms with Crippen molar-refractivity contribution in [3.05, 3.63) is 33.0 Å². The highest BCUT2D eigenvalue weighted by atomic mass is 35.5. The first-order chi connectivity index (χ1) is 7.08. The van der Waals surface area contributed by atoms with E-state index < -0.39 is 0 Å². The molecular formula is C9H7Cl2N3S. The predicted molar refractivity (Wildman–Crippen MR) is 63.8 cm³/mol. The van der Waals surface area contributed by atoms with Gasteiger partial charge in [0.25, 0.3) is 0 Å². The van der Waals surface area contributed by atoms with Crippen molar-refractivity contribution >= 4 is 35.4 Å². The Hall–Kier alpha value is -0.840. The van der Waals surface area contributed by atoms with Gasteiger partial charge >= 0.3 is 0 Å². The molecule has 0 saturated carbocycles. The van der Waals surface area contributed by atoms with Gasteiger partial charge in [-0.25, -0.2) is 0 Å². The van der Waals surface area contributed by atoms with Gasteiger partial charge in [0.05, 0.1) is 0 Å². The molecule has 0 aliphatic carbocycles. The fourth-order valence-electron chi connectivity index (χ4n) is 1.29. The Morgan fingerprint density at radius 1 is 1.27 bits per heavy atom. The molecule has 2 rings (SSSR count). The molecule has 3 nitrogen and oxygen atoms in total. The minimum atomic E-state index is 0.557. The first-order valence-corrected chi connectivity index (χ1v) is 5.32. The van der Waals surface area contributed by atoms with Crippen LogP contribution < -0.4 is 0 Å². The predicted octanol–water partition coefficient (Wildman–Crippen LogP) is 3.45. The molecule has 1 aromatic carbocycles. The number of aromatic nitrogens is 3. The van der Waals surface area contributed by atoms with Gasteiger partial charge in [-0.3, -0.25) is 5.10 Å². The van der Waals surface area contributed by atoms with Gasteiger partial charge in [-0.2, -0.15) is 5.10 Å². The van der Waals surface area contributed by atoms with Crippen LogP contribution >= 0.6 is 35.4 Å². The van der Waals surface area contributed by atoms with E-state index in [2.05, 4.69) is 10.2 Å². The maximum absolute atomic E-state index is 5.90. The van der Waals surface area contributed by atoms with Crippen molar-refractivity contribution in [2.45, 2.75) is 0 Å². The first-order valence-electron chi connectivity index (χ1n) is 4.16. The number of benzene rings is 1. The molecule has 0 saturated heterocycles. The van der Waals surface area contributed by atoms with E-state index in [0.717, 1.165) is 5.56 Å². The smallest absolute Gasteiger partial charge is 0.195 e. The van der Waals surface area contributed by atoms with Crippen LogP contribution in [0.1, 0.15) is 0 Å². The van der Waals surface area contributed by atoms with E-state index in [1.807, 2.05) is 7.05 Å². The summed E-state index contributed by atoms with van der Waals surface area (Å²) in [5, 5.41) is 7.95. The van der Waals surface area contributed by atoms with Crippen molar-refractivity contribution in [1.29, 1.82) is 0 Å². The highest BCUT2D eigenvalue weighted by Gasteiger charge is 2.07. The number of halogens is 2. The zero-order valence-corrected chi connectivity index (χ0v) is 10.1. The third-order valence-electron chi connectivity index (χ3n) is 2.00. The Bertz CT molecular complexity index is 538. The lowest BCUT2D eigenvalue weighted by molar-refractivity contribution is 0.902. The fourth-order valence-corrected chi connectivity index (χ4v) is 1.95. The fraction of sp³-hybridized carbons (Fsp3) is 0.111. The van der Waals surface area contributed by atoms with Crippen LogP contribution in [0.15, 0.2) is 18.2 Å². The number of nitrogens with one attached hydrogen (secondary N) is 1. The Morgan fingerprint density at radius 3 is 2.33 bits per heavy atom. The van der Waals surface area contributed by atoms with E-state index in [0.29, 0.717) is 20.6 Å². The Kier molecular flexibility index (Phi) is 2.82. The third kappa shape index (κ3) is 2.07. The molecule has 0 bridgehead atoms. The average molecular weight is 260 g/mol. The standard InChI is InChI=1S/C9H7Cl2N3S/c1-14-8(12-13-9(14)15)5-2-6(10)4-7(11)3-5/h2-4H,1H3,(H,13,15). The summed E-state index contributed by atoms with van der Waals surface area (Å²) in [5.74, 6) is 0.712. The van der Waals surface area contributed by atoms with Crippen LogP contribution in [0.2, 0.25) is 10.0 Å². The van der Waals surface area contributed by atoms with E-state index >= 15 is 0 Å². The minimum absolute atomic E-state index is 0.557. The van der Waals surface area contributed by atoms with Crippen LogP contribution in [0.3, 0.4) is 0 Å². The molecule has 6 heteroatoms.